The lowest BCUT2D eigenvalue weighted by Crippen LogP contribution is -2.47. The van der Waals surface area contributed by atoms with Gasteiger partial charge in [0.15, 0.2) is 5.82 Å². The van der Waals surface area contributed by atoms with Gasteiger partial charge < -0.3 is 19.9 Å². The lowest BCUT2D eigenvalue weighted by Gasteiger charge is -2.35. The van der Waals surface area contributed by atoms with Crippen LogP contribution in [0.5, 0.6) is 11.8 Å². The van der Waals surface area contributed by atoms with Crippen LogP contribution in [0.3, 0.4) is 0 Å². The second-order valence-electron chi connectivity index (χ2n) is 9.41. The number of hydrogen-bond acceptors (Lipinski definition) is 7. The molecule has 0 atom stereocenters. The normalized spacial score (nSPS) is 16.6. The number of benzene rings is 1. The van der Waals surface area contributed by atoms with Crippen molar-refractivity contribution in [3.8, 4) is 11.8 Å². The van der Waals surface area contributed by atoms with E-state index in [1.54, 1.807) is 0 Å². The van der Waals surface area contributed by atoms with Crippen molar-refractivity contribution in [2.24, 2.45) is 0 Å². The molecule has 1 aliphatic carbocycles. The van der Waals surface area contributed by atoms with Crippen molar-refractivity contribution in [1.82, 2.24) is 30.0 Å². The second kappa shape index (κ2) is 9.59. The van der Waals surface area contributed by atoms with Gasteiger partial charge in [0, 0.05) is 73.1 Å². The molecule has 0 radical (unpaired) electrons. The van der Waals surface area contributed by atoms with Gasteiger partial charge in [-0.25, -0.2) is 4.39 Å². The van der Waals surface area contributed by atoms with Gasteiger partial charge in [0.1, 0.15) is 24.1 Å². The monoisotopic (exact) mass is 510 g/mol. The molecular weight excluding hydrogens is 483 g/mol. The SMILES string of the molecule is Cc1cc2c(Cl)c(Oc3nc(Nc4cc(C5CC5)[nH]n4)cc(N4CCN(CCF)CC4)n3)ccc2[nH]1. The Morgan fingerprint density at radius 3 is 2.72 bits per heavy atom. The molecule has 1 aliphatic heterocycles. The van der Waals surface area contributed by atoms with E-state index in [9.17, 15) is 4.39 Å². The minimum atomic E-state index is -0.335. The third kappa shape index (κ3) is 4.83. The highest BCUT2D eigenvalue weighted by Gasteiger charge is 2.26. The van der Waals surface area contributed by atoms with Crippen molar-refractivity contribution in [2.75, 3.05) is 49.6 Å². The zero-order valence-electron chi connectivity index (χ0n) is 20.0. The summed E-state index contributed by atoms with van der Waals surface area (Å²) in [5.74, 6) is 3.06. The average Bonchev–Trinajstić information content (AvgIpc) is 3.50. The molecule has 11 heteroatoms. The number of ether oxygens (including phenoxy) is 1. The van der Waals surface area contributed by atoms with Crippen LogP contribution in [-0.2, 0) is 0 Å². The Morgan fingerprint density at radius 1 is 1.11 bits per heavy atom. The molecule has 2 fully saturated rings. The largest absolute Gasteiger partial charge is 0.423 e. The zero-order valence-corrected chi connectivity index (χ0v) is 20.8. The molecule has 0 amide bonds. The first-order valence-electron chi connectivity index (χ1n) is 12.3. The lowest BCUT2D eigenvalue weighted by molar-refractivity contribution is 0.235. The van der Waals surface area contributed by atoms with Crippen LogP contribution in [0.15, 0.2) is 30.3 Å². The summed E-state index contributed by atoms with van der Waals surface area (Å²) < 4.78 is 18.9. The highest BCUT2D eigenvalue weighted by Crippen LogP contribution is 2.40. The van der Waals surface area contributed by atoms with Gasteiger partial charge in [0.25, 0.3) is 0 Å². The summed E-state index contributed by atoms with van der Waals surface area (Å²) in [6.07, 6.45) is 2.38. The summed E-state index contributed by atoms with van der Waals surface area (Å²) in [5, 5.41) is 12.2. The maximum absolute atomic E-state index is 12.8. The van der Waals surface area contributed by atoms with E-state index in [1.807, 2.05) is 37.3 Å². The fraction of sp³-hybridized carbons (Fsp3) is 0.400. The summed E-state index contributed by atoms with van der Waals surface area (Å²) in [4.78, 5) is 16.9. The van der Waals surface area contributed by atoms with E-state index < -0.39 is 0 Å². The number of fused-ring (bicyclic) bond motifs is 1. The Morgan fingerprint density at radius 2 is 1.94 bits per heavy atom. The Bertz CT molecular complexity index is 1380. The molecule has 1 saturated heterocycles. The van der Waals surface area contributed by atoms with E-state index in [0.29, 0.717) is 34.9 Å². The van der Waals surface area contributed by atoms with Crippen molar-refractivity contribution in [3.05, 3.63) is 46.7 Å². The first-order valence-corrected chi connectivity index (χ1v) is 12.6. The van der Waals surface area contributed by atoms with E-state index in [2.05, 4.69) is 35.3 Å². The quantitative estimate of drug-likeness (QED) is 0.301. The standard InChI is InChI=1S/C25H28ClFN8O/c1-15-12-17-18(28-15)4-5-20(24(17)26)36-25-30-21(29-22-13-19(32-33-22)16-2-3-16)14-23(31-25)35-10-8-34(7-6-27)9-11-35/h4-5,12-14,16,28H,2-3,6-11H2,1H3,(H2,29,30,31,32,33). The summed E-state index contributed by atoms with van der Waals surface area (Å²) in [5.41, 5.74) is 3.09. The third-order valence-corrected chi connectivity index (χ3v) is 7.09. The van der Waals surface area contributed by atoms with Gasteiger partial charge in [-0.2, -0.15) is 15.1 Å². The van der Waals surface area contributed by atoms with Crippen LogP contribution in [0.1, 0.15) is 30.1 Å². The minimum Gasteiger partial charge on any atom is -0.423 e. The third-order valence-electron chi connectivity index (χ3n) is 6.70. The predicted molar refractivity (Wildman–Crippen MR) is 139 cm³/mol. The van der Waals surface area contributed by atoms with Crippen molar-refractivity contribution < 1.29 is 9.13 Å². The van der Waals surface area contributed by atoms with Crippen LogP contribution < -0.4 is 15.0 Å². The van der Waals surface area contributed by atoms with Crippen molar-refractivity contribution in [2.45, 2.75) is 25.7 Å². The average molecular weight is 511 g/mol. The number of alkyl halides is 1. The van der Waals surface area contributed by atoms with Crippen LogP contribution in [-0.4, -0.2) is 69.4 Å². The molecule has 2 aliphatic rings. The molecule has 0 bridgehead atoms. The molecule has 4 heterocycles. The molecule has 1 saturated carbocycles. The fourth-order valence-corrected chi connectivity index (χ4v) is 4.86. The number of nitrogens with one attached hydrogen (secondary N) is 3. The van der Waals surface area contributed by atoms with Gasteiger partial charge in [-0.1, -0.05) is 11.6 Å². The summed E-state index contributed by atoms with van der Waals surface area (Å²) in [6, 6.07) is 9.83. The molecule has 1 aromatic carbocycles. The summed E-state index contributed by atoms with van der Waals surface area (Å²) >= 11 is 6.67. The van der Waals surface area contributed by atoms with Crippen molar-refractivity contribution in [1.29, 1.82) is 0 Å². The molecule has 36 heavy (non-hydrogen) atoms. The Hall–Kier alpha value is -3.37. The lowest BCUT2D eigenvalue weighted by atomic mass is 10.2. The van der Waals surface area contributed by atoms with E-state index in [4.69, 9.17) is 21.3 Å². The van der Waals surface area contributed by atoms with Crippen LogP contribution in [0.25, 0.3) is 10.9 Å². The summed E-state index contributed by atoms with van der Waals surface area (Å²) in [6.45, 7) is 5.12. The van der Waals surface area contributed by atoms with Gasteiger partial charge in [0.2, 0.25) is 0 Å². The molecule has 9 nitrogen and oxygen atoms in total. The van der Waals surface area contributed by atoms with Crippen molar-refractivity contribution >= 4 is 40.0 Å². The minimum absolute atomic E-state index is 0.188. The number of hydrogen-bond donors (Lipinski definition) is 3. The number of H-pyrrole nitrogens is 2. The molecule has 3 N–H and O–H groups in total. The smallest absolute Gasteiger partial charge is 0.325 e. The maximum atomic E-state index is 12.8. The van der Waals surface area contributed by atoms with Gasteiger partial charge in [0.05, 0.1) is 5.02 Å². The molecule has 3 aromatic heterocycles. The second-order valence-corrected chi connectivity index (χ2v) is 9.79. The summed E-state index contributed by atoms with van der Waals surface area (Å²) in [7, 11) is 0. The molecule has 6 rings (SSSR count). The number of halogens is 2. The van der Waals surface area contributed by atoms with Crippen LogP contribution in [0.2, 0.25) is 5.02 Å². The topological polar surface area (TPSA) is 98.0 Å². The number of aryl methyl sites for hydroxylation is 1. The van der Waals surface area contributed by atoms with E-state index >= 15 is 0 Å². The van der Waals surface area contributed by atoms with Crippen molar-refractivity contribution in [3.63, 3.8) is 0 Å². The Kier molecular flexibility index (Phi) is 6.14. The highest BCUT2D eigenvalue weighted by molar-refractivity contribution is 6.37. The van der Waals surface area contributed by atoms with Crippen LogP contribution in [0, 0.1) is 6.92 Å². The van der Waals surface area contributed by atoms with Gasteiger partial charge in [-0.3, -0.25) is 10.00 Å². The predicted octanol–water partition coefficient (Wildman–Crippen LogP) is 5.15. The van der Waals surface area contributed by atoms with E-state index in [1.165, 1.54) is 12.8 Å². The maximum Gasteiger partial charge on any atom is 0.325 e. The van der Waals surface area contributed by atoms with Crippen LogP contribution in [0.4, 0.5) is 21.8 Å². The highest BCUT2D eigenvalue weighted by atomic mass is 35.5. The number of nitrogens with zero attached hydrogens (tertiary/aromatic N) is 5. The van der Waals surface area contributed by atoms with Crippen LogP contribution >= 0.6 is 11.6 Å². The first kappa shape index (κ1) is 23.1. The first-order chi connectivity index (χ1) is 17.6. The molecule has 0 spiro atoms. The fourth-order valence-electron chi connectivity index (χ4n) is 4.61. The van der Waals surface area contributed by atoms with E-state index in [-0.39, 0.29) is 12.7 Å². The molecular formula is C25H28ClFN8O. The number of rotatable bonds is 8. The zero-order chi connectivity index (χ0) is 24.6. The van der Waals surface area contributed by atoms with E-state index in [0.717, 1.165) is 54.3 Å². The Labute approximate surface area is 213 Å². The van der Waals surface area contributed by atoms with Gasteiger partial charge >= 0.3 is 6.01 Å². The Balaban J connectivity index is 1.29. The number of aromatic nitrogens is 5. The van der Waals surface area contributed by atoms with Gasteiger partial charge in [-0.15, -0.1) is 0 Å². The number of piperazine rings is 1. The number of aromatic amines is 2. The van der Waals surface area contributed by atoms with Gasteiger partial charge in [-0.05, 0) is 38.0 Å². The molecule has 4 aromatic rings. The molecule has 0 unspecified atom stereocenters. The molecule has 188 valence electrons. The number of anilines is 3.